The maximum atomic E-state index is 11.9. The van der Waals surface area contributed by atoms with Crippen molar-refractivity contribution in [1.29, 1.82) is 0 Å². The maximum Gasteiger partial charge on any atom is 1.00 e. The van der Waals surface area contributed by atoms with Gasteiger partial charge < -0.3 is 10.0 Å². The molecule has 0 atom stereocenters. The van der Waals surface area contributed by atoms with Crippen LogP contribution >= 0.6 is 0 Å². The van der Waals surface area contributed by atoms with Gasteiger partial charge in [-0.15, -0.1) is 0 Å². The third-order valence-corrected chi connectivity index (χ3v) is 3.82. The monoisotopic (exact) mass is 396 g/mol. The number of anilines is 1. The van der Waals surface area contributed by atoms with Crippen molar-refractivity contribution in [3.05, 3.63) is 64.9 Å². The van der Waals surface area contributed by atoms with Crippen LogP contribution in [-0.2, 0) is 32.4 Å². The second-order valence-corrected chi connectivity index (χ2v) is 5.78. The van der Waals surface area contributed by atoms with Gasteiger partial charge in [0.25, 0.3) is 0 Å². The van der Waals surface area contributed by atoms with Crippen LogP contribution in [-0.4, -0.2) is 14.4 Å². The van der Waals surface area contributed by atoms with Crippen molar-refractivity contribution in [3.63, 3.8) is 0 Å². The van der Waals surface area contributed by atoms with Crippen molar-refractivity contribution < 1.29 is 35.6 Å². The maximum absolute atomic E-state index is 11.9. The van der Waals surface area contributed by atoms with Crippen LogP contribution in [0.25, 0.3) is 4.72 Å². The smallest absolute Gasteiger partial charge is 0.424 e. The summed E-state index contributed by atoms with van der Waals surface area (Å²) in [6.07, 6.45) is 0. The van der Waals surface area contributed by atoms with Crippen molar-refractivity contribution in [2.24, 2.45) is 0 Å². The van der Waals surface area contributed by atoms with E-state index in [1.165, 1.54) is 12.1 Å². The average Bonchev–Trinajstić information content (AvgIpc) is 2.39. The molecule has 0 fully saturated rings. The Bertz CT molecular complexity index is 701. The molecule has 0 heterocycles. The van der Waals surface area contributed by atoms with E-state index < -0.39 is 16.1 Å². The topological polar surface area (TPSA) is 77.3 Å². The fourth-order valence-electron chi connectivity index (χ4n) is 1.54. The van der Waals surface area contributed by atoms with Crippen LogP contribution in [0, 0.1) is 6.92 Å². The number of rotatable bonds is 3. The molecule has 0 aromatic heterocycles. The number of nitrogens with zero attached hydrogens (tertiary/aromatic N) is 1. The Morgan fingerprint density at radius 3 is 2.14 bits per heavy atom. The molecule has 7 heteroatoms. The Kier molecular flexibility index (Phi) is 6.17. The zero-order chi connectivity index (χ0) is 14.6. The van der Waals surface area contributed by atoms with E-state index in [2.05, 4.69) is 10.0 Å². The predicted molar refractivity (Wildman–Crippen MR) is 77.2 cm³/mol. The molecule has 0 saturated carbocycles. The first-order valence-electron chi connectivity index (χ1n) is 5.88. The molecule has 1 N–H and O–H groups in total. The van der Waals surface area contributed by atoms with E-state index >= 15 is 0 Å². The Labute approximate surface area is 139 Å². The van der Waals surface area contributed by atoms with Gasteiger partial charge in [0.05, 0.1) is 4.90 Å². The zero-order valence-electron chi connectivity index (χ0n) is 11.1. The van der Waals surface area contributed by atoms with Crippen LogP contribution in [0.3, 0.4) is 0 Å². The minimum absolute atomic E-state index is 0. The van der Waals surface area contributed by atoms with Crippen molar-refractivity contribution in [3.8, 4) is 0 Å². The molecule has 21 heavy (non-hydrogen) atoms. The molecular formula is C14H13AgN2O3S. The summed E-state index contributed by atoms with van der Waals surface area (Å²) in [7, 11) is -3.98. The number of nitrogens with one attached hydrogen (secondary N) is 1. The number of hydrogen-bond acceptors (Lipinski definition) is 3. The summed E-state index contributed by atoms with van der Waals surface area (Å²) in [5.74, 6) is 0. The molecule has 2 aromatic carbocycles. The number of aryl methyl sites for hydroxylation is 1. The van der Waals surface area contributed by atoms with Gasteiger partial charge in [0.1, 0.15) is 0 Å². The van der Waals surface area contributed by atoms with Crippen molar-refractivity contribution >= 4 is 21.7 Å². The number of hydrogen-bond donors (Lipinski definition) is 1. The van der Waals surface area contributed by atoms with E-state index in [-0.39, 0.29) is 27.3 Å². The third kappa shape index (κ3) is 5.02. The Morgan fingerprint density at radius 2 is 1.57 bits per heavy atom. The first-order chi connectivity index (χ1) is 9.47. The fourth-order valence-corrected chi connectivity index (χ4v) is 2.39. The van der Waals surface area contributed by atoms with Gasteiger partial charge in [0, 0.05) is 0 Å². The van der Waals surface area contributed by atoms with Crippen molar-refractivity contribution in [2.75, 3.05) is 5.32 Å². The molecule has 0 radical (unpaired) electrons. The van der Waals surface area contributed by atoms with E-state index in [0.717, 1.165) is 5.56 Å². The number of carbonyl (C=O) groups is 1. The summed E-state index contributed by atoms with van der Waals surface area (Å²) in [5.41, 5.74) is 1.41. The Morgan fingerprint density at radius 1 is 1.00 bits per heavy atom. The number of benzene rings is 2. The van der Waals surface area contributed by atoms with Crippen LogP contribution in [0.2, 0.25) is 0 Å². The van der Waals surface area contributed by atoms with Gasteiger partial charge >= 0.3 is 22.4 Å². The number of para-hydroxylation sites is 1. The normalized spacial score (nSPS) is 10.3. The largest absolute Gasteiger partial charge is 1.00 e. The summed E-state index contributed by atoms with van der Waals surface area (Å²) in [6.45, 7) is 1.84. The van der Waals surface area contributed by atoms with Crippen LogP contribution in [0.5, 0.6) is 0 Å². The first-order valence-corrected chi connectivity index (χ1v) is 7.32. The SMILES string of the molecule is Cc1ccc(S(=O)(=O)[N-]C(=O)Nc2ccccc2)cc1.[Ag+]. The Hall–Kier alpha value is -1.60. The minimum Gasteiger partial charge on any atom is -0.424 e. The minimum atomic E-state index is -3.98. The molecule has 0 spiro atoms. The number of sulfonamides is 1. The predicted octanol–water partition coefficient (Wildman–Crippen LogP) is 3.29. The fraction of sp³-hybridized carbons (Fsp3) is 0.0714. The van der Waals surface area contributed by atoms with Crippen molar-refractivity contribution in [2.45, 2.75) is 11.8 Å². The molecule has 0 saturated heterocycles. The summed E-state index contributed by atoms with van der Waals surface area (Å²) in [4.78, 5) is 11.6. The average molecular weight is 397 g/mol. The molecule has 0 aliphatic rings. The number of urea groups is 1. The second kappa shape index (κ2) is 7.42. The van der Waals surface area contributed by atoms with E-state index in [9.17, 15) is 13.2 Å². The van der Waals surface area contributed by atoms with Gasteiger partial charge in [-0.25, -0.2) is 8.42 Å². The molecule has 2 amide bonds. The van der Waals surface area contributed by atoms with Gasteiger partial charge in [-0.2, -0.15) is 0 Å². The quantitative estimate of drug-likeness (QED) is 0.808. The van der Waals surface area contributed by atoms with Crippen LogP contribution < -0.4 is 5.32 Å². The van der Waals surface area contributed by atoms with Gasteiger partial charge in [0.2, 0.25) is 10.0 Å². The summed E-state index contributed by atoms with van der Waals surface area (Å²) in [5, 5.41) is 2.39. The summed E-state index contributed by atoms with van der Waals surface area (Å²) in [6, 6.07) is 13.8. The van der Waals surface area contributed by atoms with Crippen LogP contribution in [0.15, 0.2) is 59.5 Å². The van der Waals surface area contributed by atoms with E-state index in [1.54, 1.807) is 42.5 Å². The number of carbonyl (C=O) groups excluding carboxylic acids is 1. The molecule has 0 unspecified atom stereocenters. The van der Waals surface area contributed by atoms with Crippen molar-refractivity contribution in [1.82, 2.24) is 0 Å². The van der Waals surface area contributed by atoms with Gasteiger partial charge in [-0.1, -0.05) is 48.0 Å². The molecule has 0 aliphatic heterocycles. The van der Waals surface area contributed by atoms with Crippen LogP contribution in [0.1, 0.15) is 5.56 Å². The van der Waals surface area contributed by atoms with Crippen LogP contribution in [0.4, 0.5) is 10.5 Å². The molecule has 5 nitrogen and oxygen atoms in total. The molecule has 0 aliphatic carbocycles. The third-order valence-electron chi connectivity index (χ3n) is 2.55. The summed E-state index contributed by atoms with van der Waals surface area (Å²) < 4.78 is 27.1. The molecule has 114 valence electrons. The molecule has 2 rings (SSSR count). The van der Waals surface area contributed by atoms with Gasteiger partial charge in [0.15, 0.2) is 6.03 Å². The second-order valence-electron chi connectivity index (χ2n) is 4.18. The van der Waals surface area contributed by atoms with E-state index in [1.807, 2.05) is 6.92 Å². The summed E-state index contributed by atoms with van der Waals surface area (Å²) >= 11 is 0. The van der Waals surface area contributed by atoms with Gasteiger partial charge in [-0.05, 0) is 24.7 Å². The Balaban J connectivity index is 0.00000220. The molecule has 2 aromatic rings. The molecule has 0 bridgehead atoms. The molecular weight excluding hydrogens is 384 g/mol. The zero-order valence-corrected chi connectivity index (χ0v) is 13.4. The standard InChI is InChI=1S/C14H14N2O3S.Ag/c1-11-7-9-13(10-8-11)20(18,19)16-14(17)15-12-5-3-2-4-6-12;/h2-10H,1H3,(H2,15,16,17);/q;+1/p-1. The van der Waals surface area contributed by atoms with E-state index in [4.69, 9.17) is 0 Å². The number of amides is 2. The first kappa shape index (κ1) is 17.5. The van der Waals surface area contributed by atoms with Gasteiger partial charge in [-0.3, -0.25) is 4.79 Å². The van der Waals surface area contributed by atoms with E-state index in [0.29, 0.717) is 5.69 Å².